The van der Waals surface area contributed by atoms with Crippen LogP contribution in [0.3, 0.4) is 0 Å². The van der Waals surface area contributed by atoms with Crippen LogP contribution in [0.1, 0.15) is 52.7 Å². The number of fused-ring (bicyclic) bond motifs is 2. The molecule has 2 aliphatic heterocycles. The molecule has 0 aromatic heterocycles. The van der Waals surface area contributed by atoms with Crippen molar-refractivity contribution in [1.82, 2.24) is 10.2 Å². The maximum atomic E-state index is 13.4. The average molecular weight is 449 g/mol. The van der Waals surface area contributed by atoms with Gasteiger partial charge < -0.3 is 19.7 Å². The highest BCUT2D eigenvalue weighted by molar-refractivity contribution is 5.95. The summed E-state index contributed by atoms with van der Waals surface area (Å²) in [7, 11) is 0. The molecular formula is C27H32N2O4. The van der Waals surface area contributed by atoms with Gasteiger partial charge in [0.05, 0.1) is 19.7 Å². The summed E-state index contributed by atoms with van der Waals surface area (Å²) in [4.78, 5) is 28.4. The summed E-state index contributed by atoms with van der Waals surface area (Å²) >= 11 is 0. The van der Waals surface area contributed by atoms with Gasteiger partial charge in [-0.15, -0.1) is 0 Å². The Kier molecular flexibility index (Phi) is 6.36. The van der Waals surface area contributed by atoms with Crippen LogP contribution in [0.5, 0.6) is 5.75 Å². The summed E-state index contributed by atoms with van der Waals surface area (Å²) in [6.45, 7) is 1.95. The molecule has 2 aromatic rings. The molecule has 3 aliphatic rings. The first kappa shape index (κ1) is 22.0. The minimum atomic E-state index is -1.01. The minimum Gasteiger partial charge on any atom is -0.491 e. The monoisotopic (exact) mass is 448 g/mol. The van der Waals surface area contributed by atoms with Crippen molar-refractivity contribution in [2.45, 2.75) is 50.5 Å². The van der Waals surface area contributed by atoms with Crippen LogP contribution in [0, 0.1) is 0 Å². The lowest BCUT2D eigenvalue weighted by atomic mass is 9.91. The number of carbonyl (C=O) groups excluding carboxylic acids is 2. The molecule has 1 atom stereocenters. The van der Waals surface area contributed by atoms with Gasteiger partial charge in [-0.1, -0.05) is 24.3 Å². The topological polar surface area (TPSA) is 67.9 Å². The number of morpholine rings is 1. The fourth-order valence-electron chi connectivity index (χ4n) is 5.31. The number of rotatable bonds is 1. The van der Waals surface area contributed by atoms with E-state index >= 15 is 0 Å². The quantitative estimate of drug-likeness (QED) is 0.727. The van der Waals surface area contributed by atoms with Crippen molar-refractivity contribution in [2.24, 2.45) is 0 Å². The van der Waals surface area contributed by atoms with Gasteiger partial charge in [-0.3, -0.25) is 9.59 Å². The van der Waals surface area contributed by atoms with Crippen molar-refractivity contribution in [3.8, 4) is 5.75 Å². The van der Waals surface area contributed by atoms with E-state index in [4.69, 9.17) is 9.47 Å². The van der Waals surface area contributed by atoms with Crippen molar-refractivity contribution < 1.29 is 19.1 Å². The molecule has 6 heteroatoms. The molecule has 2 aromatic carbocycles. The van der Waals surface area contributed by atoms with E-state index < -0.39 is 5.60 Å². The average Bonchev–Trinajstić information content (AvgIpc) is 3.32. The molecule has 33 heavy (non-hydrogen) atoms. The van der Waals surface area contributed by atoms with Gasteiger partial charge in [0.25, 0.3) is 11.8 Å². The van der Waals surface area contributed by atoms with Gasteiger partial charge in [0.1, 0.15) is 12.4 Å². The Balaban J connectivity index is 1.32. The van der Waals surface area contributed by atoms with Gasteiger partial charge in [-0.2, -0.15) is 0 Å². The zero-order valence-electron chi connectivity index (χ0n) is 19.1. The first-order valence-corrected chi connectivity index (χ1v) is 12.2. The van der Waals surface area contributed by atoms with Crippen LogP contribution in [0.15, 0.2) is 42.5 Å². The van der Waals surface area contributed by atoms with Gasteiger partial charge >= 0.3 is 0 Å². The number of nitrogens with zero attached hydrogens (tertiary/aromatic N) is 1. The van der Waals surface area contributed by atoms with E-state index in [2.05, 4.69) is 17.4 Å². The number of aryl methyl sites for hydroxylation is 3. The molecule has 0 radical (unpaired) electrons. The Morgan fingerprint density at radius 1 is 0.939 bits per heavy atom. The summed E-state index contributed by atoms with van der Waals surface area (Å²) in [5, 5.41) is 3.00. The number of para-hydroxylation sites is 1. The highest BCUT2D eigenvalue weighted by Crippen LogP contribution is 2.29. The highest BCUT2D eigenvalue weighted by Gasteiger charge is 2.44. The maximum absolute atomic E-state index is 13.4. The van der Waals surface area contributed by atoms with Crippen molar-refractivity contribution in [2.75, 3.05) is 32.8 Å². The van der Waals surface area contributed by atoms with Crippen LogP contribution in [0.25, 0.3) is 0 Å². The summed E-state index contributed by atoms with van der Waals surface area (Å²) < 4.78 is 12.1. The highest BCUT2D eigenvalue weighted by atomic mass is 16.5. The van der Waals surface area contributed by atoms with Crippen LogP contribution < -0.4 is 10.1 Å². The standard InChI is InChI=1S/C27H32N2O4/c30-25(23-12-11-20-8-5-9-22(20)18-23)29-15-17-33-27(19-29)13-4-3-7-21-6-1-2-10-24(21)32-16-14-28-26(27)31/h1-2,6,10-12,18H,3-5,7-9,13-17,19H2,(H,28,31). The van der Waals surface area contributed by atoms with Gasteiger partial charge in [0.2, 0.25) is 0 Å². The predicted octanol–water partition coefficient (Wildman–Crippen LogP) is 3.31. The molecule has 1 saturated heterocycles. The number of hydrogen-bond donors (Lipinski definition) is 1. The van der Waals surface area contributed by atoms with E-state index in [0.717, 1.165) is 44.3 Å². The lowest BCUT2D eigenvalue weighted by Crippen LogP contribution is -2.61. The second-order valence-electron chi connectivity index (χ2n) is 9.33. The largest absolute Gasteiger partial charge is 0.491 e. The first-order chi connectivity index (χ1) is 16.1. The molecule has 1 aliphatic carbocycles. The lowest BCUT2D eigenvalue weighted by Gasteiger charge is -2.42. The van der Waals surface area contributed by atoms with Crippen LogP contribution in [0.2, 0.25) is 0 Å². The fraction of sp³-hybridized carbons (Fsp3) is 0.481. The first-order valence-electron chi connectivity index (χ1n) is 12.2. The van der Waals surface area contributed by atoms with E-state index in [-0.39, 0.29) is 18.4 Å². The second kappa shape index (κ2) is 9.56. The molecule has 1 fully saturated rings. The molecule has 0 bridgehead atoms. The Labute approximate surface area is 195 Å². The van der Waals surface area contributed by atoms with E-state index in [9.17, 15) is 9.59 Å². The van der Waals surface area contributed by atoms with Gasteiger partial charge in [-0.05, 0) is 79.8 Å². The smallest absolute Gasteiger partial charge is 0.254 e. The van der Waals surface area contributed by atoms with Gasteiger partial charge in [0.15, 0.2) is 5.60 Å². The maximum Gasteiger partial charge on any atom is 0.254 e. The van der Waals surface area contributed by atoms with E-state index in [1.54, 1.807) is 4.90 Å². The lowest BCUT2D eigenvalue weighted by molar-refractivity contribution is -0.159. The summed E-state index contributed by atoms with van der Waals surface area (Å²) in [6.07, 6.45) is 6.54. The van der Waals surface area contributed by atoms with E-state index in [1.165, 1.54) is 16.7 Å². The Morgan fingerprint density at radius 3 is 2.73 bits per heavy atom. The number of carbonyl (C=O) groups is 2. The number of benzene rings is 2. The third-order valence-electron chi connectivity index (χ3n) is 7.13. The van der Waals surface area contributed by atoms with Crippen molar-refractivity contribution in [3.05, 3.63) is 64.7 Å². The summed E-state index contributed by atoms with van der Waals surface area (Å²) in [6, 6.07) is 14.2. The molecule has 174 valence electrons. The Morgan fingerprint density at radius 2 is 1.79 bits per heavy atom. The van der Waals surface area contributed by atoms with Gasteiger partial charge in [0, 0.05) is 12.1 Å². The van der Waals surface area contributed by atoms with E-state index in [1.807, 2.05) is 30.3 Å². The number of hydrogen-bond acceptors (Lipinski definition) is 4. The molecular weight excluding hydrogens is 416 g/mol. The third kappa shape index (κ3) is 4.62. The van der Waals surface area contributed by atoms with Crippen LogP contribution in [-0.4, -0.2) is 55.2 Å². The summed E-state index contributed by atoms with van der Waals surface area (Å²) in [5.41, 5.74) is 3.53. The zero-order chi connectivity index (χ0) is 22.7. The molecule has 5 rings (SSSR count). The van der Waals surface area contributed by atoms with Gasteiger partial charge in [-0.25, -0.2) is 0 Å². The zero-order valence-corrected chi connectivity index (χ0v) is 19.1. The molecule has 1 N–H and O–H groups in total. The number of nitrogens with one attached hydrogen (secondary N) is 1. The Hall–Kier alpha value is -2.86. The number of amides is 2. The molecule has 2 heterocycles. The molecule has 2 amide bonds. The van der Waals surface area contributed by atoms with Crippen molar-refractivity contribution >= 4 is 11.8 Å². The van der Waals surface area contributed by atoms with Crippen LogP contribution in [0.4, 0.5) is 0 Å². The van der Waals surface area contributed by atoms with Crippen LogP contribution in [-0.2, 0) is 28.8 Å². The predicted molar refractivity (Wildman–Crippen MR) is 126 cm³/mol. The van der Waals surface area contributed by atoms with Crippen molar-refractivity contribution in [1.29, 1.82) is 0 Å². The van der Waals surface area contributed by atoms with E-state index in [0.29, 0.717) is 38.3 Å². The third-order valence-corrected chi connectivity index (χ3v) is 7.13. The summed E-state index contributed by atoms with van der Waals surface area (Å²) in [5.74, 6) is 0.733. The number of ether oxygens (including phenoxy) is 2. The Bertz CT molecular complexity index is 1040. The van der Waals surface area contributed by atoms with Crippen LogP contribution >= 0.6 is 0 Å². The molecule has 1 spiro atoms. The minimum absolute atomic E-state index is 0.0106. The second-order valence-corrected chi connectivity index (χ2v) is 9.33. The van der Waals surface area contributed by atoms with Crippen molar-refractivity contribution in [3.63, 3.8) is 0 Å². The normalized spacial score (nSPS) is 23.5. The molecule has 6 nitrogen and oxygen atoms in total. The molecule has 0 saturated carbocycles. The fourth-order valence-corrected chi connectivity index (χ4v) is 5.31. The SMILES string of the molecule is O=C(c1ccc2c(c1)CCC2)N1CCOC2(CCCCc3ccccc3OCCNC2=O)C1. The molecule has 1 unspecified atom stereocenters.